The average molecular weight is 280 g/mol. The van der Waals surface area contributed by atoms with Crippen LogP contribution in [-0.4, -0.2) is 30.4 Å². The quantitative estimate of drug-likeness (QED) is 0.858. The molecule has 1 atom stereocenters. The fourth-order valence-electron chi connectivity index (χ4n) is 4.00. The standard InChI is InChI=1S/C17H32N2O/c1-3-16(2)8-7-11-19(14-16)15(20)12-17(13-18)9-5-4-6-10-17/h3-14,18H2,1-2H3. The molecule has 0 radical (unpaired) electrons. The molecule has 0 bridgehead atoms. The Morgan fingerprint density at radius 3 is 2.45 bits per heavy atom. The number of amides is 1. The van der Waals surface area contributed by atoms with E-state index in [0.717, 1.165) is 32.4 Å². The van der Waals surface area contributed by atoms with Crippen LogP contribution in [0, 0.1) is 10.8 Å². The van der Waals surface area contributed by atoms with E-state index in [-0.39, 0.29) is 5.41 Å². The Balaban J connectivity index is 1.96. The van der Waals surface area contributed by atoms with E-state index in [1.165, 1.54) is 32.1 Å². The molecular formula is C17H32N2O. The molecule has 3 heteroatoms. The highest BCUT2D eigenvalue weighted by atomic mass is 16.2. The van der Waals surface area contributed by atoms with Crippen molar-refractivity contribution in [1.82, 2.24) is 4.90 Å². The summed E-state index contributed by atoms with van der Waals surface area (Å²) in [6, 6.07) is 0. The minimum absolute atomic E-state index is 0.107. The number of carbonyl (C=O) groups is 1. The Morgan fingerprint density at radius 1 is 1.15 bits per heavy atom. The Bertz CT molecular complexity index is 336. The molecule has 0 spiro atoms. The summed E-state index contributed by atoms with van der Waals surface area (Å²) in [7, 11) is 0. The van der Waals surface area contributed by atoms with Crippen molar-refractivity contribution in [3.8, 4) is 0 Å². The number of hydrogen-bond acceptors (Lipinski definition) is 2. The third-order valence-corrected chi connectivity index (χ3v) is 5.86. The number of likely N-dealkylation sites (tertiary alicyclic amines) is 1. The van der Waals surface area contributed by atoms with Crippen LogP contribution >= 0.6 is 0 Å². The highest BCUT2D eigenvalue weighted by Crippen LogP contribution is 2.40. The maximum absolute atomic E-state index is 12.7. The summed E-state index contributed by atoms with van der Waals surface area (Å²) in [5.41, 5.74) is 6.46. The van der Waals surface area contributed by atoms with Gasteiger partial charge in [0.25, 0.3) is 0 Å². The topological polar surface area (TPSA) is 46.3 Å². The highest BCUT2D eigenvalue weighted by Gasteiger charge is 2.37. The Hall–Kier alpha value is -0.570. The molecule has 2 aliphatic rings. The van der Waals surface area contributed by atoms with Crippen molar-refractivity contribution < 1.29 is 4.79 Å². The lowest BCUT2D eigenvalue weighted by molar-refractivity contribution is -0.137. The number of rotatable bonds is 4. The maximum Gasteiger partial charge on any atom is 0.223 e. The molecule has 0 aromatic rings. The van der Waals surface area contributed by atoms with E-state index >= 15 is 0 Å². The molecule has 3 nitrogen and oxygen atoms in total. The van der Waals surface area contributed by atoms with Crippen molar-refractivity contribution in [2.45, 2.75) is 71.6 Å². The minimum Gasteiger partial charge on any atom is -0.342 e. The first-order valence-corrected chi connectivity index (χ1v) is 8.50. The summed E-state index contributed by atoms with van der Waals surface area (Å²) in [6.45, 7) is 7.15. The van der Waals surface area contributed by atoms with Crippen LogP contribution in [0.25, 0.3) is 0 Å². The van der Waals surface area contributed by atoms with Crippen molar-refractivity contribution >= 4 is 5.91 Å². The molecule has 1 unspecified atom stereocenters. The lowest BCUT2D eigenvalue weighted by Gasteiger charge is -2.42. The van der Waals surface area contributed by atoms with Crippen molar-refractivity contribution in [2.24, 2.45) is 16.6 Å². The minimum atomic E-state index is 0.107. The first-order chi connectivity index (χ1) is 9.52. The average Bonchev–Trinajstić information content (AvgIpc) is 2.48. The van der Waals surface area contributed by atoms with Gasteiger partial charge < -0.3 is 10.6 Å². The molecule has 2 rings (SSSR count). The molecule has 116 valence electrons. The van der Waals surface area contributed by atoms with E-state index in [2.05, 4.69) is 18.7 Å². The van der Waals surface area contributed by atoms with Crippen LogP contribution in [0.5, 0.6) is 0 Å². The molecule has 1 aliphatic carbocycles. The first-order valence-electron chi connectivity index (χ1n) is 8.50. The SMILES string of the molecule is CCC1(C)CCCN(C(=O)CC2(CN)CCCCC2)C1. The fraction of sp³-hybridized carbons (Fsp3) is 0.941. The van der Waals surface area contributed by atoms with Crippen molar-refractivity contribution in [2.75, 3.05) is 19.6 Å². The van der Waals surface area contributed by atoms with Gasteiger partial charge in [0.05, 0.1) is 0 Å². The van der Waals surface area contributed by atoms with Crippen LogP contribution in [0.15, 0.2) is 0 Å². The van der Waals surface area contributed by atoms with Crippen molar-refractivity contribution in [3.63, 3.8) is 0 Å². The Labute approximate surface area is 124 Å². The summed E-state index contributed by atoms with van der Waals surface area (Å²) in [5.74, 6) is 0.358. The highest BCUT2D eigenvalue weighted by molar-refractivity contribution is 5.77. The third-order valence-electron chi connectivity index (χ3n) is 5.86. The summed E-state index contributed by atoms with van der Waals surface area (Å²) in [4.78, 5) is 14.8. The molecule has 1 heterocycles. The fourth-order valence-corrected chi connectivity index (χ4v) is 4.00. The molecule has 1 saturated heterocycles. The van der Waals surface area contributed by atoms with Gasteiger partial charge in [0, 0.05) is 19.5 Å². The van der Waals surface area contributed by atoms with E-state index in [9.17, 15) is 4.79 Å². The summed E-state index contributed by atoms with van der Waals surface area (Å²) in [5, 5.41) is 0. The van der Waals surface area contributed by atoms with E-state index < -0.39 is 0 Å². The van der Waals surface area contributed by atoms with Gasteiger partial charge in [-0.15, -0.1) is 0 Å². The molecule has 2 fully saturated rings. The van der Waals surface area contributed by atoms with E-state index in [0.29, 0.717) is 24.3 Å². The number of piperidine rings is 1. The molecule has 20 heavy (non-hydrogen) atoms. The van der Waals surface area contributed by atoms with E-state index in [1.807, 2.05) is 0 Å². The van der Waals surface area contributed by atoms with Gasteiger partial charge in [-0.05, 0) is 49.5 Å². The molecule has 0 aromatic heterocycles. The monoisotopic (exact) mass is 280 g/mol. The lowest BCUT2D eigenvalue weighted by Crippen LogP contribution is -2.47. The summed E-state index contributed by atoms with van der Waals surface area (Å²) in [6.07, 6.45) is 10.4. The van der Waals surface area contributed by atoms with Crippen LogP contribution in [0.3, 0.4) is 0 Å². The molecule has 1 amide bonds. The van der Waals surface area contributed by atoms with Gasteiger partial charge in [-0.1, -0.05) is 33.1 Å². The molecule has 1 saturated carbocycles. The zero-order valence-corrected chi connectivity index (χ0v) is 13.4. The predicted molar refractivity (Wildman–Crippen MR) is 83.4 cm³/mol. The van der Waals surface area contributed by atoms with Crippen LogP contribution in [0.4, 0.5) is 0 Å². The van der Waals surface area contributed by atoms with Gasteiger partial charge in [-0.25, -0.2) is 0 Å². The smallest absolute Gasteiger partial charge is 0.223 e. The zero-order chi connectivity index (χ0) is 14.6. The molecular weight excluding hydrogens is 248 g/mol. The zero-order valence-electron chi connectivity index (χ0n) is 13.4. The normalized spacial score (nSPS) is 30.2. The van der Waals surface area contributed by atoms with Gasteiger partial charge in [0.15, 0.2) is 0 Å². The van der Waals surface area contributed by atoms with Gasteiger partial charge in [-0.2, -0.15) is 0 Å². The largest absolute Gasteiger partial charge is 0.342 e. The van der Waals surface area contributed by atoms with Crippen LogP contribution in [0.1, 0.15) is 71.6 Å². The first kappa shape index (κ1) is 15.8. The van der Waals surface area contributed by atoms with Gasteiger partial charge >= 0.3 is 0 Å². The van der Waals surface area contributed by atoms with Crippen LogP contribution < -0.4 is 5.73 Å². The predicted octanol–water partition coefficient (Wildman–Crippen LogP) is 3.32. The summed E-state index contributed by atoms with van der Waals surface area (Å²) < 4.78 is 0. The van der Waals surface area contributed by atoms with Gasteiger partial charge in [0.2, 0.25) is 5.91 Å². The molecule has 1 aliphatic heterocycles. The van der Waals surface area contributed by atoms with Gasteiger partial charge in [0.1, 0.15) is 0 Å². The molecule has 2 N–H and O–H groups in total. The second-order valence-electron chi connectivity index (χ2n) is 7.52. The van der Waals surface area contributed by atoms with E-state index in [1.54, 1.807) is 0 Å². The second kappa shape index (κ2) is 6.46. The summed E-state index contributed by atoms with van der Waals surface area (Å²) >= 11 is 0. The van der Waals surface area contributed by atoms with Crippen molar-refractivity contribution in [1.29, 1.82) is 0 Å². The lowest BCUT2D eigenvalue weighted by atomic mass is 9.71. The van der Waals surface area contributed by atoms with Crippen LogP contribution in [-0.2, 0) is 4.79 Å². The molecule has 0 aromatic carbocycles. The number of nitrogens with two attached hydrogens (primary N) is 1. The number of hydrogen-bond donors (Lipinski definition) is 1. The van der Waals surface area contributed by atoms with Gasteiger partial charge in [-0.3, -0.25) is 4.79 Å². The van der Waals surface area contributed by atoms with Crippen molar-refractivity contribution in [3.05, 3.63) is 0 Å². The number of carbonyl (C=O) groups excluding carboxylic acids is 1. The second-order valence-corrected chi connectivity index (χ2v) is 7.52. The maximum atomic E-state index is 12.7. The van der Waals surface area contributed by atoms with Crippen LogP contribution in [0.2, 0.25) is 0 Å². The number of nitrogens with zero attached hydrogens (tertiary/aromatic N) is 1. The van der Waals surface area contributed by atoms with E-state index in [4.69, 9.17) is 5.73 Å². The Kier molecular flexibility index (Phi) is 5.11. The third kappa shape index (κ3) is 3.55. The Morgan fingerprint density at radius 2 is 1.85 bits per heavy atom.